The van der Waals surface area contributed by atoms with Gasteiger partial charge in [-0.25, -0.2) is 4.39 Å². The van der Waals surface area contributed by atoms with Crippen molar-refractivity contribution in [3.63, 3.8) is 0 Å². The standard InChI is InChI=1S/C18H24FNO3/c1-12-4-3-5-16(13(12)2)20-17(21)11-23-18(22)10-14-6-8-15(19)9-7-14/h6-9,12-13,16H,3-5,10-11H2,1-2H3,(H,20,21)/t12-,13-,16-/m1/s1. The summed E-state index contributed by atoms with van der Waals surface area (Å²) >= 11 is 0. The fourth-order valence-corrected chi connectivity index (χ4v) is 3.00. The Labute approximate surface area is 136 Å². The quantitative estimate of drug-likeness (QED) is 0.849. The lowest BCUT2D eigenvalue weighted by Gasteiger charge is -2.34. The smallest absolute Gasteiger partial charge is 0.310 e. The Bertz CT molecular complexity index is 544. The number of hydrogen-bond donors (Lipinski definition) is 1. The highest BCUT2D eigenvalue weighted by Gasteiger charge is 2.28. The van der Waals surface area contributed by atoms with Crippen molar-refractivity contribution in [2.24, 2.45) is 11.8 Å². The van der Waals surface area contributed by atoms with E-state index in [1.54, 1.807) is 0 Å². The van der Waals surface area contributed by atoms with Gasteiger partial charge in [-0.2, -0.15) is 0 Å². The van der Waals surface area contributed by atoms with Crippen LogP contribution in [0.3, 0.4) is 0 Å². The Morgan fingerprint density at radius 2 is 1.91 bits per heavy atom. The van der Waals surface area contributed by atoms with Gasteiger partial charge in [0, 0.05) is 6.04 Å². The minimum Gasteiger partial charge on any atom is -0.455 e. The number of ether oxygens (including phenoxy) is 1. The predicted molar refractivity (Wildman–Crippen MR) is 85.2 cm³/mol. The third-order valence-corrected chi connectivity index (χ3v) is 4.68. The lowest BCUT2D eigenvalue weighted by Crippen LogP contribution is -2.45. The molecule has 0 bridgehead atoms. The van der Waals surface area contributed by atoms with Crippen molar-refractivity contribution in [3.05, 3.63) is 35.6 Å². The van der Waals surface area contributed by atoms with Gasteiger partial charge >= 0.3 is 5.97 Å². The summed E-state index contributed by atoms with van der Waals surface area (Å²) in [7, 11) is 0. The second kappa shape index (κ2) is 8.09. The van der Waals surface area contributed by atoms with E-state index >= 15 is 0 Å². The molecule has 0 aliphatic heterocycles. The van der Waals surface area contributed by atoms with E-state index in [-0.39, 0.29) is 30.8 Å². The topological polar surface area (TPSA) is 55.4 Å². The Hall–Kier alpha value is -1.91. The lowest BCUT2D eigenvalue weighted by molar-refractivity contribution is -0.148. The third-order valence-electron chi connectivity index (χ3n) is 4.68. The van der Waals surface area contributed by atoms with Crippen LogP contribution in [0.2, 0.25) is 0 Å². The van der Waals surface area contributed by atoms with E-state index in [1.165, 1.54) is 30.7 Å². The summed E-state index contributed by atoms with van der Waals surface area (Å²) in [4.78, 5) is 23.6. The molecular formula is C18H24FNO3. The molecule has 1 fully saturated rings. The van der Waals surface area contributed by atoms with Gasteiger partial charge in [0.25, 0.3) is 5.91 Å². The molecule has 1 aliphatic carbocycles. The number of amides is 1. The fraction of sp³-hybridized carbons (Fsp3) is 0.556. The Kier molecular flexibility index (Phi) is 6.13. The first kappa shape index (κ1) is 17.4. The molecule has 23 heavy (non-hydrogen) atoms. The van der Waals surface area contributed by atoms with E-state index in [0.29, 0.717) is 17.4 Å². The van der Waals surface area contributed by atoms with Crippen LogP contribution >= 0.6 is 0 Å². The van der Waals surface area contributed by atoms with Gasteiger partial charge < -0.3 is 10.1 Å². The van der Waals surface area contributed by atoms with Crippen molar-refractivity contribution in [1.29, 1.82) is 0 Å². The number of carbonyl (C=O) groups excluding carboxylic acids is 2. The Balaban J connectivity index is 1.73. The van der Waals surface area contributed by atoms with Crippen LogP contribution in [0.5, 0.6) is 0 Å². The molecule has 1 saturated carbocycles. The van der Waals surface area contributed by atoms with Crippen LogP contribution < -0.4 is 5.32 Å². The summed E-state index contributed by atoms with van der Waals surface area (Å²) in [6.45, 7) is 4.08. The number of hydrogen-bond acceptors (Lipinski definition) is 3. The molecule has 0 saturated heterocycles. The molecule has 0 heterocycles. The van der Waals surface area contributed by atoms with Crippen LogP contribution in [-0.2, 0) is 20.7 Å². The minimum absolute atomic E-state index is 0.0322. The highest BCUT2D eigenvalue weighted by atomic mass is 19.1. The van der Waals surface area contributed by atoms with Crippen molar-refractivity contribution in [2.75, 3.05) is 6.61 Å². The molecule has 1 amide bonds. The zero-order chi connectivity index (χ0) is 16.8. The summed E-state index contributed by atoms with van der Waals surface area (Å²) in [5, 5.41) is 2.96. The van der Waals surface area contributed by atoms with Gasteiger partial charge in [0.05, 0.1) is 6.42 Å². The van der Waals surface area contributed by atoms with E-state index in [4.69, 9.17) is 4.74 Å². The van der Waals surface area contributed by atoms with Crippen LogP contribution in [0.15, 0.2) is 24.3 Å². The maximum atomic E-state index is 12.8. The van der Waals surface area contributed by atoms with Crippen molar-refractivity contribution < 1.29 is 18.7 Å². The molecular weight excluding hydrogens is 297 g/mol. The molecule has 0 unspecified atom stereocenters. The first-order valence-corrected chi connectivity index (χ1v) is 8.15. The Morgan fingerprint density at radius 1 is 1.22 bits per heavy atom. The summed E-state index contributed by atoms with van der Waals surface area (Å²) in [5.74, 6) is -0.0738. The molecule has 0 spiro atoms. The van der Waals surface area contributed by atoms with Crippen molar-refractivity contribution >= 4 is 11.9 Å². The first-order valence-electron chi connectivity index (χ1n) is 8.15. The van der Waals surface area contributed by atoms with Gasteiger partial charge in [-0.05, 0) is 36.0 Å². The highest BCUT2D eigenvalue weighted by Crippen LogP contribution is 2.29. The fourth-order valence-electron chi connectivity index (χ4n) is 3.00. The second-order valence-corrected chi connectivity index (χ2v) is 6.41. The maximum absolute atomic E-state index is 12.8. The van der Waals surface area contributed by atoms with Gasteiger partial charge in [0.1, 0.15) is 5.82 Å². The Morgan fingerprint density at radius 3 is 2.61 bits per heavy atom. The molecule has 4 nitrogen and oxygen atoms in total. The molecule has 2 rings (SSSR count). The van der Waals surface area contributed by atoms with E-state index in [2.05, 4.69) is 19.2 Å². The van der Waals surface area contributed by atoms with Gasteiger partial charge in [-0.1, -0.05) is 38.8 Å². The number of halogens is 1. The van der Waals surface area contributed by atoms with Crippen molar-refractivity contribution in [2.45, 2.75) is 45.6 Å². The highest BCUT2D eigenvalue weighted by molar-refractivity contribution is 5.81. The monoisotopic (exact) mass is 321 g/mol. The first-order chi connectivity index (χ1) is 11.0. The van der Waals surface area contributed by atoms with Crippen LogP contribution in [0.4, 0.5) is 4.39 Å². The summed E-state index contributed by atoms with van der Waals surface area (Å²) in [6.07, 6.45) is 3.31. The van der Waals surface area contributed by atoms with Gasteiger partial charge in [0.15, 0.2) is 6.61 Å². The van der Waals surface area contributed by atoms with Crippen molar-refractivity contribution in [3.8, 4) is 0 Å². The number of nitrogens with one attached hydrogen (secondary N) is 1. The zero-order valence-corrected chi connectivity index (χ0v) is 13.7. The van der Waals surface area contributed by atoms with Crippen LogP contribution in [0.25, 0.3) is 0 Å². The molecule has 1 N–H and O–H groups in total. The lowest BCUT2D eigenvalue weighted by atomic mass is 9.78. The van der Waals surface area contributed by atoms with E-state index in [9.17, 15) is 14.0 Å². The molecule has 1 aromatic rings. The van der Waals surface area contributed by atoms with Crippen LogP contribution in [-0.4, -0.2) is 24.5 Å². The molecule has 126 valence electrons. The minimum atomic E-state index is -0.489. The SMILES string of the molecule is C[C@@H]1[C@H](C)CCC[C@H]1NC(=O)COC(=O)Cc1ccc(F)cc1. The molecule has 0 radical (unpaired) electrons. The number of benzene rings is 1. The number of carbonyl (C=O) groups is 2. The molecule has 0 aromatic heterocycles. The van der Waals surface area contributed by atoms with Gasteiger partial charge in [-0.15, -0.1) is 0 Å². The van der Waals surface area contributed by atoms with E-state index < -0.39 is 5.97 Å². The van der Waals surface area contributed by atoms with Gasteiger partial charge in [-0.3, -0.25) is 9.59 Å². The third kappa shape index (κ3) is 5.34. The van der Waals surface area contributed by atoms with Crippen LogP contribution in [0.1, 0.15) is 38.7 Å². The number of esters is 1. The molecule has 1 aromatic carbocycles. The van der Waals surface area contributed by atoms with Crippen LogP contribution in [0, 0.1) is 17.7 Å². The molecule has 3 atom stereocenters. The molecule has 5 heteroatoms. The summed E-state index contributed by atoms with van der Waals surface area (Å²) in [6, 6.07) is 5.80. The van der Waals surface area contributed by atoms with Crippen molar-refractivity contribution in [1.82, 2.24) is 5.32 Å². The predicted octanol–water partition coefficient (Wildman–Crippen LogP) is 2.85. The largest absolute Gasteiger partial charge is 0.455 e. The van der Waals surface area contributed by atoms with Gasteiger partial charge in [0.2, 0.25) is 0 Å². The normalized spacial score (nSPS) is 24.0. The molecule has 1 aliphatic rings. The summed E-state index contributed by atoms with van der Waals surface area (Å²) < 4.78 is 17.8. The maximum Gasteiger partial charge on any atom is 0.310 e. The average molecular weight is 321 g/mol. The van der Waals surface area contributed by atoms with E-state index in [1.807, 2.05) is 0 Å². The summed E-state index contributed by atoms with van der Waals surface area (Å²) in [5.41, 5.74) is 0.659. The zero-order valence-electron chi connectivity index (χ0n) is 13.7. The number of rotatable bonds is 5. The second-order valence-electron chi connectivity index (χ2n) is 6.41. The average Bonchev–Trinajstić information content (AvgIpc) is 2.52. The van der Waals surface area contributed by atoms with E-state index in [0.717, 1.165) is 12.8 Å².